The maximum Gasteiger partial charge on any atom is 0.337 e. The predicted octanol–water partition coefficient (Wildman–Crippen LogP) is 6.25. The lowest BCUT2D eigenvalue weighted by Gasteiger charge is -2.32. The summed E-state index contributed by atoms with van der Waals surface area (Å²) in [6.07, 6.45) is 2.80. The van der Waals surface area contributed by atoms with Gasteiger partial charge in [0.1, 0.15) is 5.82 Å². The van der Waals surface area contributed by atoms with Gasteiger partial charge in [0.05, 0.1) is 46.0 Å². The number of hydrogen-bond acceptors (Lipinski definition) is 7. The number of halogens is 3. The highest BCUT2D eigenvalue weighted by Crippen LogP contribution is 2.42. The molecule has 2 heterocycles. The standard InChI is InChI=1S/C30H27Cl2FN4O4S/c1-35-14-19(13-34)18-9-23(31)27(24(32)10-18)29(38)37-15-17-3-2-4-20(28(17)42-16-37)21-12-26(36-5-7-41-8-6-36)22(30(39)40)11-25(21)33/h2-4,9-14,34-35H,5-8,15-16H2,1H3,(H,39,40)/b19-14+,34-13?. The van der Waals surface area contributed by atoms with E-state index in [2.05, 4.69) is 5.32 Å². The first-order valence-electron chi connectivity index (χ1n) is 13.0. The van der Waals surface area contributed by atoms with Crippen LogP contribution in [0.1, 0.15) is 31.8 Å². The van der Waals surface area contributed by atoms with Gasteiger partial charge < -0.3 is 30.4 Å². The monoisotopic (exact) mass is 628 g/mol. The van der Waals surface area contributed by atoms with E-state index in [0.29, 0.717) is 54.3 Å². The maximum absolute atomic E-state index is 15.5. The Kier molecular flexibility index (Phi) is 9.08. The molecule has 1 saturated heterocycles. The van der Waals surface area contributed by atoms with Crippen LogP contribution < -0.4 is 10.2 Å². The zero-order chi connectivity index (χ0) is 30.0. The number of fused-ring (bicyclic) bond motifs is 1. The van der Waals surface area contributed by atoms with Crippen LogP contribution in [0.5, 0.6) is 0 Å². The zero-order valence-electron chi connectivity index (χ0n) is 22.5. The van der Waals surface area contributed by atoms with Crippen molar-refractivity contribution in [1.82, 2.24) is 10.2 Å². The van der Waals surface area contributed by atoms with Gasteiger partial charge in [0, 0.05) is 55.1 Å². The van der Waals surface area contributed by atoms with E-state index in [1.807, 2.05) is 11.0 Å². The number of nitrogens with one attached hydrogen (secondary N) is 2. The van der Waals surface area contributed by atoms with Crippen molar-refractivity contribution in [3.63, 3.8) is 0 Å². The van der Waals surface area contributed by atoms with Gasteiger partial charge in [-0.2, -0.15) is 0 Å². The number of anilines is 1. The Bertz CT molecular complexity index is 1590. The van der Waals surface area contributed by atoms with Gasteiger partial charge in [-0.05, 0) is 41.0 Å². The van der Waals surface area contributed by atoms with Crippen LogP contribution in [0.25, 0.3) is 16.7 Å². The highest BCUT2D eigenvalue weighted by atomic mass is 35.5. The number of benzene rings is 3. The van der Waals surface area contributed by atoms with Crippen LogP contribution >= 0.6 is 35.0 Å². The van der Waals surface area contributed by atoms with Gasteiger partial charge in [-0.3, -0.25) is 4.79 Å². The van der Waals surface area contributed by atoms with Crippen LogP contribution in [-0.2, 0) is 11.3 Å². The van der Waals surface area contributed by atoms with Gasteiger partial charge >= 0.3 is 5.97 Å². The van der Waals surface area contributed by atoms with E-state index in [9.17, 15) is 14.7 Å². The number of carbonyl (C=O) groups is 2. The number of nitrogens with zero attached hydrogens (tertiary/aromatic N) is 2. The number of amides is 1. The third-order valence-electron chi connectivity index (χ3n) is 7.11. The van der Waals surface area contributed by atoms with Gasteiger partial charge in [-0.25, -0.2) is 9.18 Å². The number of aromatic carboxylic acids is 1. The fraction of sp³-hybridized carbons (Fsp3) is 0.233. The smallest absolute Gasteiger partial charge is 0.337 e. The second-order valence-corrected chi connectivity index (χ2v) is 11.4. The third-order valence-corrected chi connectivity index (χ3v) is 8.92. The van der Waals surface area contributed by atoms with E-state index < -0.39 is 11.8 Å². The lowest BCUT2D eigenvalue weighted by atomic mass is 9.98. The number of carboxylic acids is 1. The maximum atomic E-state index is 15.5. The van der Waals surface area contributed by atoms with Crippen LogP contribution in [0.3, 0.4) is 0 Å². The molecule has 2 aliphatic rings. The molecule has 1 amide bonds. The van der Waals surface area contributed by atoms with Crippen molar-refractivity contribution in [1.29, 1.82) is 5.41 Å². The number of hydrogen-bond donors (Lipinski definition) is 3. The summed E-state index contributed by atoms with van der Waals surface area (Å²) in [7, 11) is 1.71. The van der Waals surface area contributed by atoms with Gasteiger partial charge in [-0.1, -0.05) is 41.4 Å². The Morgan fingerprint density at radius 3 is 2.48 bits per heavy atom. The summed E-state index contributed by atoms with van der Waals surface area (Å²) in [5.41, 5.74) is 3.41. The Balaban J connectivity index is 1.47. The van der Waals surface area contributed by atoms with Gasteiger partial charge in [0.15, 0.2) is 0 Å². The molecule has 0 radical (unpaired) electrons. The van der Waals surface area contributed by atoms with Crippen LogP contribution in [0.2, 0.25) is 10.0 Å². The minimum atomic E-state index is -1.20. The number of rotatable bonds is 7. The molecule has 8 nitrogen and oxygen atoms in total. The molecule has 0 aromatic heterocycles. The molecule has 3 aromatic carbocycles. The highest BCUT2D eigenvalue weighted by molar-refractivity contribution is 7.99. The molecule has 0 aliphatic carbocycles. The molecule has 0 bridgehead atoms. The number of carboxylic acid groups (broad SMARTS) is 1. The van der Waals surface area contributed by atoms with Crippen molar-refractivity contribution >= 4 is 64.3 Å². The van der Waals surface area contributed by atoms with Gasteiger partial charge in [-0.15, -0.1) is 11.8 Å². The SMILES string of the molecule is CN/C=C(\C=N)c1cc(Cl)c(C(=O)N2CSc3c(cccc3-c3cc(N4CCOCC4)c(C(=O)O)cc3F)C2)c(Cl)c1. The summed E-state index contributed by atoms with van der Waals surface area (Å²) in [5, 5.41) is 20.6. The molecule has 12 heteroatoms. The number of morpholine rings is 1. The Morgan fingerprint density at radius 2 is 1.83 bits per heavy atom. The molecule has 3 N–H and O–H groups in total. The minimum Gasteiger partial charge on any atom is -0.478 e. The minimum absolute atomic E-state index is 0.0960. The lowest BCUT2D eigenvalue weighted by molar-refractivity contribution is 0.0695. The molecule has 0 unspecified atom stereocenters. The molecule has 0 spiro atoms. The van der Waals surface area contributed by atoms with E-state index >= 15 is 4.39 Å². The van der Waals surface area contributed by atoms with Crippen LogP contribution in [-0.4, -0.2) is 67.3 Å². The largest absolute Gasteiger partial charge is 0.478 e. The summed E-state index contributed by atoms with van der Waals surface area (Å²) < 4.78 is 20.9. The Labute approximate surface area is 256 Å². The first-order chi connectivity index (χ1) is 20.2. The molecule has 3 aromatic rings. The molecule has 1 fully saturated rings. The van der Waals surface area contributed by atoms with Crippen molar-refractivity contribution in [2.24, 2.45) is 0 Å². The second kappa shape index (κ2) is 12.7. The van der Waals surface area contributed by atoms with Crippen LogP contribution in [0.4, 0.5) is 10.1 Å². The summed E-state index contributed by atoms with van der Waals surface area (Å²) in [5.74, 6) is -1.90. The van der Waals surface area contributed by atoms with Crippen LogP contribution in [0, 0.1) is 11.2 Å². The van der Waals surface area contributed by atoms with Crippen molar-refractivity contribution in [3.05, 3.63) is 86.8 Å². The quantitative estimate of drug-likeness (QED) is 0.266. The van der Waals surface area contributed by atoms with E-state index in [4.69, 9.17) is 33.3 Å². The highest BCUT2D eigenvalue weighted by Gasteiger charge is 2.29. The molecule has 2 aliphatic heterocycles. The molecule has 0 atom stereocenters. The van der Waals surface area contributed by atoms with E-state index in [0.717, 1.165) is 22.7 Å². The molecular formula is C30H27Cl2FN4O4S. The summed E-state index contributed by atoms with van der Waals surface area (Å²) in [4.78, 5) is 29.9. The number of carbonyl (C=O) groups excluding carboxylic acids is 1. The fourth-order valence-corrected chi connectivity index (χ4v) is 6.88. The van der Waals surface area contributed by atoms with Crippen molar-refractivity contribution in [3.8, 4) is 11.1 Å². The van der Waals surface area contributed by atoms with E-state index in [-0.39, 0.29) is 39.5 Å². The first-order valence-corrected chi connectivity index (χ1v) is 14.8. The average molecular weight is 630 g/mol. The van der Waals surface area contributed by atoms with Crippen molar-refractivity contribution < 1.29 is 23.8 Å². The Morgan fingerprint density at radius 1 is 1.12 bits per heavy atom. The topological polar surface area (TPSA) is 106 Å². The zero-order valence-corrected chi connectivity index (χ0v) is 24.9. The van der Waals surface area contributed by atoms with Gasteiger partial charge in [0.25, 0.3) is 5.91 Å². The molecule has 42 heavy (non-hydrogen) atoms. The fourth-order valence-electron chi connectivity index (χ4n) is 5.09. The summed E-state index contributed by atoms with van der Waals surface area (Å²) in [6.45, 7) is 2.17. The normalized spacial score (nSPS) is 15.3. The molecule has 0 saturated carbocycles. The van der Waals surface area contributed by atoms with Crippen LogP contribution in [0.15, 0.2) is 53.6 Å². The van der Waals surface area contributed by atoms with E-state index in [1.165, 1.54) is 11.8 Å². The molecular weight excluding hydrogens is 602 g/mol. The predicted molar refractivity (Wildman–Crippen MR) is 165 cm³/mol. The summed E-state index contributed by atoms with van der Waals surface area (Å²) >= 11 is 14.4. The Hall–Kier alpha value is -3.57. The van der Waals surface area contributed by atoms with Gasteiger partial charge in [0.2, 0.25) is 0 Å². The van der Waals surface area contributed by atoms with Crippen molar-refractivity contribution in [2.45, 2.75) is 11.4 Å². The van der Waals surface area contributed by atoms with Crippen molar-refractivity contribution in [2.75, 3.05) is 44.1 Å². The lowest BCUT2D eigenvalue weighted by Crippen LogP contribution is -2.37. The number of ether oxygens (including phenoxy) is 1. The molecule has 218 valence electrons. The average Bonchev–Trinajstić information content (AvgIpc) is 2.99. The third kappa shape index (κ3) is 5.85. The summed E-state index contributed by atoms with van der Waals surface area (Å²) in [6, 6.07) is 11.4. The first kappa shape index (κ1) is 29.9. The number of allylic oxidation sites excluding steroid dienone is 1. The second-order valence-electron chi connectivity index (χ2n) is 9.67. The number of thioether (sulfide) groups is 1. The molecule has 5 rings (SSSR count). The van der Waals surface area contributed by atoms with E-state index in [1.54, 1.807) is 48.5 Å².